The van der Waals surface area contributed by atoms with Crippen LogP contribution in [0.2, 0.25) is 0 Å². The molecule has 1 fully saturated rings. The van der Waals surface area contributed by atoms with Crippen molar-refractivity contribution in [3.8, 4) is 0 Å². The van der Waals surface area contributed by atoms with Gasteiger partial charge in [-0.2, -0.15) is 0 Å². The van der Waals surface area contributed by atoms with Crippen molar-refractivity contribution in [2.45, 2.75) is 65.9 Å². The second-order valence-corrected chi connectivity index (χ2v) is 8.29. The summed E-state index contributed by atoms with van der Waals surface area (Å²) in [7, 11) is 0. The third kappa shape index (κ3) is 3.12. The first-order valence-corrected chi connectivity index (χ1v) is 7.66. The lowest BCUT2D eigenvalue weighted by Gasteiger charge is -2.44. The molecule has 3 heteroatoms. The fourth-order valence-electron chi connectivity index (χ4n) is 3.73. The SMILES string of the molecule is Cc1nc(CC2(O)CC(C)CC(C)(C)C2)sc1C. The predicted molar refractivity (Wildman–Crippen MR) is 77.0 cm³/mol. The molecule has 0 radical (unpaired) electrons. The maximum atomic E-state index is 10.9. The Morgan fingerprint density at radius 3 is 2.50 bits per heavy atom. The first-order chi connectivity index (χ1) is 8.19. The number of hydrogen-bond acceptors (Lipinski definition) is 3. The monoisotopic (exact) mass is 267 g/mol. The summed E-state index contributed by atoms with van der Waals surface area (Å²) < 4.78 is 0. The summed E-state index contributed by atoms with van der Waals surface area (Å²) in [6.45, 7) is 10.9. The molecule has 2 rings (SSSR count). The molecule has 2 nitrogen and oxygen atoms in total. The summed E-state index contributed by atoms with van der Waals surface area (Å²) in [6, 6.07) is 0. The third-order valence-corrected chi connectivity index (χ3v) is 5.06. The van der Waals surface area contributed by atoms with Gasteiger partial charge >= 0.3 is 0 Å². The maximum Gasteiger partial charge on any atom is 0.0959 e. The average molecular weight is 267 g/mol. The molecule has 1 saturated carbocycles. The molecule has 1 N–H and O–H groups in total. The molecule has 2 unspecified atom stereocenters. The van der Waals surface area contributed by atoms with Crippen molar-refractivity contribution in [1.82, 2.24) is 4.98 Å². The fourth-order valence-corrected chi connectivity index (χ4v) is 4.80. The largest absolute Gasteiger partial charge is 0.389 e. The van der Waals surface area contributed by atoms with Crippen LogP contribution in [0.15, 0.2) is 0 Å². The maximum absolute atomic E-state index is 10.9. The van der Waals surface area contributed by atoms with Crippen molar-refractivity contribution < 1.29 is 5.11 Å². The molecular formula is C15H25NOS. The second-order valence-electron chi connectivity index (χ2n) is 7.00. The Morgan fingerprint density at radius 2 is 2.00 bits per heavy atom. The van der Waals surface area contributed by atoms with Gasteiger partial charge < -0.3 is 5.11 Å². The molecule has 0 aromatic carbocycles. The lowest BCUT2D eigenvalue weighted by Crippen LogP contribution is -2.43. The Bertz CT molecular complexity index is 418. The molecule has 1 aromatic heterocycles. The highest BCUT2D eigenvalue weighted by atomic mass is 32.1. The molecule has 1 aromatic rings. The van der Waals surface area contributed by atoms with E-state index >= 15 is 0 Å². The number of hydrogen-bond donors (Lipinski definition) is 1. The van der Waals surface area contributed by atoms with Crippen molar-refractivity contribution in [3.63, 3.8) is 0 Å². The number of aromatic nitrogens is 1. The Balaban J connectivity index is 2.16. The van der Waals surface area contributed by atoms with E-state index in [1.807, 2.05) is 6.92 Å². The summed E-state index contributed by atoms with van der Waals surface area (Å²) >= 11 is 1.74. The zero-order valence-electron chi connectivity index (χ0n) is 12.2. The van der Waals surface area contributed by atoms with E-state index in [2.05, 4.69) is 32.7 Å². The van der Waals surface area contributed by atoms with E-state index in [4.69, 9.17) is 0 Å². The molecule has 18 heavy (non-hydrogen) atoms. The van der Waals surface area contributed by atoms with Gasteiger partial charge in [-0.1, -0.05) is 20.8 Å². The van der Waals surface area contributed by atoms with E-state index in [0.717, 1.165) is 30.0 Å². The topological polar surface area (TPSA) is 33.1 Å². The average Bonchev–Trinajstić information content (AvgIpc) is 2.39. The quantitative estimate of drug-likeness (QED) is 0.882. The van der Waals surface area contributed by atoms with Gasteiger partial charge in [-0.25, -0.2) is 4.98 Å². The van der Waals surface area contributed by atoms with Crippen molar-refractivity contribution >= 4 is 11.3 Å². The zero-order chi connectivity index (χ0) is 13.6. The molecule has 1 aliphatic rings. The molecule has 0 saturated heterocycles. The highest BCUT2D eigenvalue weighted by molar-refractivity contribution is 7.11. The van der Waals surface area contributed by atoms with Crippen LogP contribution in [-0.4, -0.2) is 15.7 Å². The Kier molecular flexibility index (Phi) is 3.58. The highest BCUT2D eigenvalue weighted by Gasteiger charge is 2.42. The molecule has 0 aliphatic heterocycles. The minimum Gasteiger partial charge on any atom is -0.389 e. The van der Waals surface area contributed by atoms with Crippen LogP contribution in [0.1, 0.15) is 55.6 Å². The summed E-state index contributed by atoms with van der Waals surface area (Å²) in [5.74, 6) is 0.598. The Hall–Kier alpha value is -0.410. The van der Waals surface area contributed by atoms with Gasteiger partial charge in [0.25, 0.3) is 0 Å². The smallest absolute Gasteiger partial charge is 0.0959 e. The van der Waals surface area contributed by atoms with Crippen LogP contribution in [0.5, 0.6) is 0 Å². The molecule has 1 heterocycles. The van der Waals surface area contributed by atoms with E-state index < -0.39 is 5.60 Å². The van der Waals surface area contributed by atoms with Crippen molar-refractivity contribution in [1.29, 1.82) is 0 Å². The van der Waals surface area contributed by atoms with Gasteiger partial charge in [-0.3, -0.25) is 0 Å². The van der Waals surface area contributed by atoms with Crippen LogP contribution in [0, 0.1) is 25.2 Å². The first-order valence-electron chi connectivity index (χ1n) is 6.84. The summed E-state index contributed by atoms with van der Waals surface area (Å²) in [6.07, 6.45) is 3.74. The van der Waals surface area contributed by atoms with Crippen molar-refractivity contribution in [2.75, 3.05) is 0 Å². The molecular weight excluding hydrogens is 242 g/mol. The van der Waals surface area contributed by atoms with Gasteiger partial charge in [0.15, 0.2) is 0 Å². The Labute approximate surface area is 114 Å². The zero-order valence-corrected chi connectivity index (χ0v) is 13.0. The molecule has 0 amide bonds. The minimum atomic E-state index is -0.558. The number of aliphatic hydroxyl groups is 1. The lowest BCUT2D eigenvalue weighted by molar-refractivity contribution is -0.0574. The summed E-state index contributed by atoms with van der Waals surface area (Å²) in [4.78, 5) is 5.86. The minimum absolute atomic E-state index is 0.244. The van der Waals surface area contributed by atoms with E-state index in [0.29, 0.717) is 5.92 Å². The van der Waals surface area contributed by atoms with Gasteiger partial charge in [0.2, 0.25) is 0 Å². The van der Waals surface area contributed by atoms with Gasteiger partial charge in [0.05, 0.1) is 16.3 Å². The van der Waals surface area contributed by atoms with Crippen LogP contribution in [0.25, 0.3) is 0 Å². The normalized spacial score (nSPS) is 31.6. The van der Waals surface area contributed by atoms with Crippen molar-refractivity contribution in [2.24, 2.45) is 11.3 Å². The standard InChI is InChI=1S/C15H25NOS/c1-10-6-14(4,5)9-15(17,7-10)8-13-16-11(2)12(3)18-13/h10,17H,6-9H2,1-5H3. The van der Waals surface area contributed by atoms with Crippen LogP contribution in [0.4, 0.5) is 0 Å². The number of rotatable bonds is 2. The fraction of sp³-hybridized carbons (Fsp3) is 0.800. The van der Waals surface area contributed by atoms with Crippen LogP contribution in [-0.2, 0) is 6.42 Å². The third-order valence-electron chi connectivity index (χ3n) is 3.99. The molecule has 102 valence electrons. The molecule has 0 spiro atoms. The number of nitrogens with zero attached hydrogens (tertiary/aromatic N) is 1. The lowest BCUT2D eigenvalue weighted by atomic mass is 9.65. The molecule has 0 bridgehead atoms. The van der Waals surface area contributed by atoms with E-state index in [1.54, 1.807) is 11.3 Å². The molecule has 1 aliphatic carbocycles. The summed E-state index contributed by atoms with van der Waals surface area (Å²) in [5.41, 5.74) is 0.799. The number of thiazole rings is 1. The summed E-state index contributed by atoms with van der Waals surface area (Å²) in [5, 5.41) is 12.0. The first kappa shape index (κ1) is 14.0. The van der Waals surface area contributed by atoms with Gasteiger partial charge in [-0.05, 0) is 44.4 Å². The van der Waals surface area contributed by atoms with Crippen LogP contribution >= 0.6 is 11.3 Å². The molecule has 2 atom stereocenters. The van der Waals surface area contributed by atoms with Gasteiger partial charge in [0.1, 0.15) is 0 Å². The number of aryl methyl sites for hydroxylation is 2. The second kappa shape index (κ2) is 4.61. The van der Waals surface area contributed by atoms with E-state index in [-0.39, 0.29) is 5.41 Å². The van der Waals surface area contributed by atoms with E-state index in [9.17, 15) is 5.11 Å². The van der Waals surface area contributed by atoms with Crippen LogP contribution in [0.3, 0.4) is 0 Å². The van der Waals surface area contributed by atoms with Crippen molar-refractivity contribution in [3.05, 3.63) is 15.6 Å². The van der Waals surface area contributed by atoms with E-state index in [1.165, 1.54) is 11.3 Å². The van der Waals surface area contributed by atoms with Crippen LogP contribution < -0.4 is 0 Å². The Morgan fingerprint density at radius 1 is 1.33 bits per heavy atom. The predicted octanol–water partition coefficient (Wildman–Crippen LogP) is 3.88. The highest BCUT2D eigenvalue weighted by Crippen LogP contribution is 2.45. The van der Waals surface area contributed by atoms with Gasteiger partial charge in [0, 0.05) is 11.3 Å². The van der Waals surface area contributed by atoms with Gasteiger partial charge in [-0.15, -0.1) is 11.3 Å².